The molecule has 0 spiro atoms. The van der Waals surface area contributed by atoms with E-state index < -0.39 is 18.6 Å². The van der Waals surface area contributed by atoms with Gasteiger partial charge >= 0.3 is 6.18 Å². The molecule has 0 aliphatic rings. The maximum absolute atomic E-state index is 12.5. The summed E-state index contributed by atoms with van der Waals surface area (Å²) in [4.78, 5) is 13.2. The molecule has 0 bridgehead atoms. The Bertz CT molecular complexity index is 600. The monoisotopic (exact) mass is 299 g/mol. The third-order valence-corrected chi connectivity index (χ3v) is 3.75. The predicted octanol–water partition coefficient (Wildman–Crippen LogP) is 4.09. The third kappa shape index (κ3) is 3.39. The van der Waals surface area contributed by atoms with Gasteiger partial charge in [-0.1, -0.05) is 24.3 Å². The number of alkyl halides is 3. The third-order valence-electron chi connectivity index (χ3n) is 2.64. The normalized spacial score (nSPS) is 11.6. The van der Waals surface area contributed by atoms with Gasteiger partial charge in [0.05, 0.1) is 4.88 Å². The van der Waals surface area contributed by atoms with E-state index in [2.05, 4.69) is 6.58 Å². The van der Waals surface area contributed by atoms with Crippen LogP contribution in [0.5, 0.6) is 0 Å². The van der Waals surface area contributed by atoms with Crippen molar-refractivity contribution >= 4 is 27.3 Å². The van der Waals surface area contributed by atoms with Gasteiger partial charge in [0.15, 0.2) is 0 Å². The summed E-state index contributed by atoms with van der Waals surface area (Å²) in [5.74, 6) is -0.622. The van der Waals surface area contributed by atoms with Gasteiger partial charge < -0.3 is 4.90 Å². The van der Waals surface area contributed by atoms with Gasteiger partial charge in [0.25, 0.3) is 5.91 Å². The van der Waals surface area contributed by atoms with Crippen LogP contribution in [0.1, 0.15) is 9.67 Å². The van der Waals surface area contributed by atoms with Crippen molar-refractivity contribution in [2.24, 2.45) is 0 Å². The maximum Gasteiger partial charge on any atom is 0.406 e. The lowest BCUT2D eigenvalue weighted by Gasteiger charge is -2.21. The molecule has 106 valence electrons. The smallest absolute Gasteiger partial charge is 0.325 e. The molecular formula is C14H12F3NOS. The Morgan fingerprint density at radius 3 is 2.65 bits per heavy atom. The van der Waals surface area contributed by atoms with Gasteiger partial charge in [0.1, 0.15) is 6.54 Å². The minimum Gasteiger partial charge on any atom is -0.325 e. The first-order chi connectivity index (χ1) is 9.40. The second-order valence-corrected chi connectivity index (χ2v) is 5.32. The highest BCUT2D eigenvalue weighted by Crippen LogP contribution is 2.27. The van der Waals surface area contributed by atoms with Gasteiger partial charge in [-0.15, -0.1) is 17.9 Å². The predicted molar refractivity (Wildman–Crippen MR) is 74.0 cm³/mol. The second-order valence-electron chi connectivity index (χ2n) is 4.24. The Hall–Kier alpha value is -1.82. The molecule has 0 fully saturated rings. The van der Waals surface area contributed by atoms with Crippen LogP contribution in [0.3, 0.4) is 0 Å². The van der Waals surface area contributed by atoms with Crippen LogP contribution in [-0.4, -0.2) is 30.1 Å². The highest BCUT2D eigenvalue weighted by atomic mass is 32.1. The molecule has 0 N–H and O–H groups in total. The summed E-state index contributed by atoms with van der Waals surface area (Å²) in [7, 11) is 0. The number of fused-ring (bicyclic) bond motifs is 1. The van der Waals surface area contributed by atoms with Crippen molar-refractivity contribution in [3.05, 3.63) is 47.9 Å². The molecule has 0 unspecified atom stereocenters. The number of nitrogens with zero attached hydrogens (tertiary/aromatic N) is 1. The molecule has 1 heterocycles. The fraction of sp³-hybridized carbons (Fsp3) is 0.214. The molecule has 2 nitrogen and oxygen atoms in total. The first-order valence-corrected chi connectivity index (χ1v) is 6.68. The summed E-state index contributed by atoms with van der Waals surface area (Å²) < 4.78 is 38.3. The van der Waals surface area contributed by atoms with E-state index in [9.17, 15) is 18.0 Å². The number of carbonyl (C=O) groups is 1. The van der Waals surface area contributed by atoms with E-state index in [0.29, 0.717) is 4.88 Å². The van der Waals surface area contributed by atoms with Gasteiger partial charge in [-0.25, -0.2) is 0 Å². The largest absolute Gasteiger partial charge is 0.406 e. The van der Waals surface area contributed by atoms with Crippen molar-refractivity contribution in [1.82, 2.24) is 4.90 Å². The van der Waals surface area contributed by atoms with Crippen molar-refractivity contribution in [3.63, 3.8) is 0 Å². The van der Waals surface area contributed by atoms with Gasteiger partial charge in [-0.3, -0.25) is 4.79 Å². The molecule has 1 amide bonds. The molecule has 0 aliphatic carbocycles. The van der Waals surface area contributed by atoms with E-state index in [1.807, 2.05) is 24.3 Å². The van der Waals surface area contributed by atoms with E-state index >= 15 is 0 Å². The van der Waals surface area contributed by atoms with Crippen LogP contribution in [-0.2, 0) is 0 Å². The SMILES string of the molecule is C=CCN(CC(F)(F)F)C(=O)c1cc2ccccc2s1. The van der Waals surface area contributed by atoms with Crippen LogP contribution in [0.15, 0.2) is 43.0 Å². The Kier molecular flexibility index (Phi) is 4.13. The summed E-state index contributed by atoms with van der Waals surface area (Å²) >= 11 is 1.19. The molecule has 6 heteroatoms. The van der Waals surface area contributed by atoms with Crippen molar-refractivity contribution in [1.29, 1.82) is 0 Å². The van der Waals surface area contributed by atoms with E-state index in [1.54, 1.807) is 6.07 Å². The fourth-order valence-electron chi connectivity index (χ4n) is 1.83. The summed E-state index contributed by atoms with van der Waals surface area (Å²) in [5.41, 5.74) is 0. The lowest BCUT2D eigenvalue weighted by Crippen LogP contribution is -2.38. The summed E-state index contributed by atoms with van der Waals surface area (Å²) in [5, 5.41) is 0.853. The summed E-state index contributed by atoms with van der Waals surface area (Å²) in [6.45, 7) is 1.99. The van der Waals surface area contributed by atoms with Crippen LogP contribution in [0, 0.1) is 0 Å². The van der Waals surface area contributed by atoms with Crippen LogP contribution < -0.4 is 0 Å². The van der Waals surface area contributed by atoms with Crippen molar-refractivity contribution in [2.45, 2.75) is 6.18 Å². The Morgan fingerprint density at radius 1 is 1.35 bits per heavy atom. The Labute approximate surface area is 118 Å². The quantitative estimate of drug-likeness (QED) is 0.779. The lowest BCUT2D eigenvalue weighted by atomic mass is 10.2. The Morgan fingerprint density at radius 2 is 2.05 bits per heavy atom. The van der Waals surface area contributed by atoms with Crippen LogP contribution in [0.25, 0.3) is 10.1 Å². The molecule has 1 aromatic heterocycles. The van der Waals surface area contributed by atoms with Crippen molar-refractivity contribution in [3.8, 4) is 0 Å². The van der Waals surface area contributed by atoms with Crippen molar-refractivity contribution < 1.29 is 18.0 Å². The number of rotatable bonds is 4. The standard InChI is InChI=1S/C14H12F3NOS/c1-2-7-18(9-14(15,16)17)13(19)12-8-10-5-3-4-6-11(10)20-12/h2-6,8H,1,7,9H2. The van der Waals surface area contributed by atoms with Crippen LogP contribution >= 0.6 is 11.3 Å². The van der Waals surface area contributed by atoms with Gasteiger partial charge in [0.2, 0.25) is 0 Å². The lowest BCUT2D eigenvalue weighted by molar-refractivity contribution is -0.139. The minimum atomic E-state index is -4.42. The van der Waals surface area contributed by atoms with E-state index in [0.717, 1.165) is 15.0 Å². The van der Waals surface area contributed by atoms with Gasteiger partial charge in [-0.05, 0) is 17.5 Å². The van der Waals surface area contributed by atoms with Gasteiger partial charge in [-0.2, -0.15) is 13.2 Å². The van der Waals surface area contributed by atoms with Crippen molar-refractivity contribution in [2.75, 3.05) is 13.1 Å². The van der Waals surface area contributed by atoms with Gasteiger partial charge in [0, 0.05) is 11.2 Å². The average molecular weight is 299 g/mol. The highest BCUT2D eigenvalue weighted by Gasteiger charge is 2.33. The molecule has 20 heavy (non-hydrogen) atoms. The summed E-state index contributed by atoms with van der Waals surface area (Å²) in [6.07, 6.45) is -3.13. The zero-order valence-electron chi connectivity index (χ0n) is 10.5. The zero-order valence-corrected chi connectivity index (χ0v) is 11.3. The topological polar surface area (TPSA) is 20.3 Å². The molecule has 1 aromatic carbocycles. The first kappa shape index (κ1) is 14.6. The molecule has 0 atom stereocenters. The second kappa shape index (κ2) is 5.66. The minimum absolute atomic E-state index is 0.132. The average Bonchev–Trinajstić information content (AvgIpc) is 2.79. The van der Waals surface area contributed by atoms with E-state index in [-0.39, 0.29) is 6.54 Å². The number of carbonyl (C=O) groups excluding carboxylic acids is 1. The number of halogens is 3. The molecule has 0 radical (unpaired) electrons. The highest BCUT2D eigenvalue weighted by molar-refractivity contribution is 7.20. The number of hydrogen-bond acceptors (Lipinski definition) is 2. The molecule has 2 rings (SSSR count). The number of thiophene rings is 1. The molecule has 2 aromatic rings. The molecule has 0 saturated heterocycles. The maximum atomic E-state index is 12.5. The molecular weight excluding hydrogens is 287 g/mol. The number of amides is 1. The Balaban J connectivity index is 2.28. The molecule has 0 aliphatic heterocycles. The number of hydrogen-bond donors (Lipinski definition) is 0. The van der Waals surface area contributed by atoms with E-state index in [1.165, 1.54) is 17.4 Å². The molecule has 0 saturated carbocycles. The number of benzene rings is 1. The fourth-order valence-corrected chi connectivity index (χ4v) is 2.87. The van der Waals surface area contributed by atoms with E-state index in [4.69, 9.17) is 0 Å². The zero-order chi connectivity index (χ0) is 14.8. The van der Waals surface area contributed by atoms with Crippen LogP contribution in [0.2, 0.25) is 0 Å². The summed E-state index contributed by atoms with van der Waals surface area (Å²) in [6, 6.07) is 8.92. The first-order valence-electron chi connectivity index (χ1n) is 5.86. The van der Waals surface area contributed by atoms with Crippen LogP contribution in [0.4, 0.5) is 13.2 Å².